The van der Waals surface area contributed by atoms with Gasteiger partial charge in [-0.25, -0.2) is 5.26 Å². The van der Waals surface area contributed by atoms with Crippen LogP contribution < -0.4 is 0 Å². The number of carboxylic acid groups (broad SMARTS) is 1. The summed E-state index contributed by atoms with van der Waals surface area (Å²) in [4.78, 5) is 14.4. The maximum atomic E-state index is 10.5. The summed E-state index contributed by atoms with van der Waals surface area (Å²) in [5, 5.41) is 42.7. The van der Waals surface area contributed by atoms with Crippen molar-refractivity contribution in [3.05, 3.63) is 12.3 Å². The number of hydrogen-bond donors (Lipinski definition) is 2. The maximum absolute atomic E-state index is 10.5. The molecule has 0 aromatic carbocycles. The minimum Gasteiger partial charge on any atom is -0.481 e. The first-order valence-electron chi connectivity index (χ1n) is 5.68. The van der Waals surface area contributed by atoms with Crippen molar-refractivity contribution in [2.45, 2.75) is 44.2 Å². The molecule has 0 aliphatic rings. The molecule has 108 valence electrons. The van der Waals surface area contributed by atoms with E-state index in [1.54, 1.807) is 0 Å². The van der Waals surface area contributed by atoms with Gasteiger partial charge in [-0.2, -0.15) is 20.8 Å². The van der Waals surface area contributed by atoms with Gasteiger partial charge in [-0.15, -0.1) is 0 Å². The zero-order chi connectivity index (χ0) is 15.8. The second kappa shape index (κ2) is 7.22. The molecule has 0 saturated carbocycles. The van der Waals surface area contributed by atoms with Gasteiger partial charge in [0.15, 0.2) is 11.1 Å². The number of hydrogen-bond acceptors (Lipinski definition) is 7. The highest BCUT2D eigenvalue weighted by Crippen LogP contribution is 2.24. The Morgan fingerprint density at radius 3 is 2.20 bits per heavy atom. The van der Waals surface area contributed by atoms with Gasteiger partial charge in [-0.3, -0.25) is 4.79 Å². The summed E-state index contributed by atoms with van der Waals surface area (Å²) in [7, 11) is 0. The lowest BCUT2D eigenvalue weighted by Gasteiger charge is -2.18. The molecule has 0 aromatic rings. The summed E-state index contributed by atoms with van der Waals surface area (Å²) in [5.41, 5.74) is -2.70. The second-order valence-corrected chi connectivity index (χ2v) is 4.67. The van der Waals surface area contributed by atoms with Crippen molar-refractivity contribution in [1.29, 1.82) is 10.5 Å². The molecule has 0 fully saturated rings. The largest absolute Gasteiger partial charge is 0.481 e. The predicted molar refractivity (Wildman–Crippen MR) is 67.2 cm³/mol. The molecule has 20 heavy (non-hydrogen) atoms. The maximum Gasteiger partial charge on any atom is 0.303 e. The molecule has 0 amide bonds. The number of nitrogens with zero attached hydrogens (tertiary/aromatic N) is 4. The van der Waals surface area contributed by atoms with Crippen molar-refractivity contribution >= 4 is 5.97 Å². The van der Waals surface area contributed by atoms with Crippen LogP contribution in [0.2, 0.25) is 0 Å². The zero-order valence-corrected chi connectivity index (χ0v) is 11.3. The first-order chi connectivity index (χ1) is 9.20. The van der Waals surface area contributed by atoms with Crippen molar-refractivity contribution in [3.63, 3.8) is 0 Å². The highest BCUT2D eigenvalue weighted by Gasteiger charge is 2.30. The summed E-state index contributed by atoms with van der Waals surface area (Å²) in [6, 6.07) is 3.73. The van der Waals surface area contributed by atoms with E-state index in [9.17, 15) is 4.79 Å². The van der Waals surface area contributed by atoms with E-state index in [1.165, 1.54) is 13.8 Å². The van der Waals surface area contributed by atoms with Crippen molar-refractivity contribution in [2.24, 2.45) is 10.2 Å². The molecule has 8 heteroatoms. The molecule has 8 nitrogen and oxygen atoms in total. The van der Waals surface area contributed by atoms with Crippen LogP contribution in [0.1, 0.15) is 33.1 Å². The third-order valence-electron chi connectivity index (χ3n) is 2.47. The van der Waals surface area contributed by atoms with Crippen molar-refractivity contribution < 1.29 is 20.0 Å². The van der Waals surface area contributed by atoms with Gasteiger partial charge in [-0.1, -0.05) is 6.58 Å². The van der Waals surface area contributed by atoms with E-state index < -0.39 is 17.0 Å². The molecule has 0 saturated heterocycles. The molecule has 0 spiro atoms. The van der Waals surface area contributed by atoms with Crippen LogP contribution in [0.3, 0.4) is 0 Å². The van der Waals surface area contributed by atoms with Gasteiger partial charge < -0.3 is 9.99 Å². The van der Waals surface area contributed by atoms with E-state index in [2.05, 4.69) is 21.7 Å². The number of rotatable bonds is 8. The molecule has 2 unspecified atom stereocenters. The van der Waals surface area contributed by atoms with Crippen LogP contribution in [0.5, 0.6) is 0 Å². The Balaban J connectivity index is 5.02. The Kier molecular flexibility index (Phi) is 6.33. The van der Waals surface area contributed by atoms with Crippen LogP contribution >= 0.6 is 0 Å². The second-order valence-electron chi connectivity index (χ2n) is 4.67. The predicted octanol–water partition coefficient (Wildman–Crippen LogP) is 2.26. The van der Waals surface area contributed by atoms with E-state index in [-0.39, 0.29) is 25.0 Å². The fourth-order valence-electron chi connectivity index (χ4n) is 1.21. The van der Waals surface area contributed by atoms with Gasteiger partial charge in [0.2, 0.25) is 0 Å². The number of azo groups is 1. The van der Waals surface area contributed by atoms with Crippen LogP contribution in [-0.2, 0) is 9.68 Å². The molecule has 0 bridgehead atoms. The van der Waals surface area contributed by atoms with Crippen LogP contribution in [0.4, 0.5) is 0 Å². The summed E-state index contributed by atoms with van der Waals surface area (Å²) in [5.74, 6) is -1.12. The summed E-state index contributed by atoms with van der Waals surface area (Å²) in [6.07, 6.45) is -0.371. The highest BCUT2D eigenvalue weighted by atomic mass is 17.1. The quantitative estimate of drug-likeness (QED) is 0.302. The Labute approximate surface area is 116 Å². The topological polar surface area (TPSA) is 139 Å². The molecule has 0 radical (unpaired) electrons. The zero-order valence-electron chi connectivity index (χ0n) is 11.3. The molecule has 0 aliphatic carbocycles. The molecule has 0 rings (SSSR count). The van der Waals surface area contributed by atoms with E-state index in [4.69, 9.17) is 20.9 Å². The lowest BCUT2D eigenvalue weighted by atomic mass is 9.98. The fraction of sp³-hybridized carbons (Fsp3) is 0.583. The van der Waals surface area contributed by atoms with E-state index in [1.807, 2.05) is 12.1 Å². The average Bonchev–Trinajstić information content (AvgIpc) is 2.43. The van der Waals surface area contributed by atoms with E-state index in [0.717, 1.165) is 0 Å². The van der Waals surface area contributed by atoms with Crippen LogP contribution in [0.15, 0.2) is 22.6 Å². The van der Waals surface area contributed by atoms with Crippen LogP contribution in [0, 0.1) is 22.7 Å². The minimum absolute atomic E-state index is 0.0265. The summed E-state index contributed by atoms with van der Waals surface area (Å²) in [6.45, 7) is 6.21. The molecule has 2 atom stereocenters. The van der Waals surface area contributed by atoms with Gasteiger partial charge >= 0.3 is 5.97 Å². The van der Waals surface area contributed by atoms with Crippen molar-refractivity contribution in [1.82, 2.24) is 0 Å². The van der Waals surface area contributed by atoms with Gasteiger partial charge in [0, 0.05) is 12.8 Å². The lowest BCUT2D eigenvalue weighted by Crippen LogP contribution is -2.25. The van der Waals surface area contributed by atoms with E-state index >= 15 is 0 Å². The van der Waals surface area contributed by atoms with E-state index in [0.29, 0.717) is 0 Å². The summed E-state index contributed by atoms with van der Waals surface area (Å²) >= 11 is 0. The third kappa shape index (κ3) is 5.94. The number of carboxylic acids is 1. The molecular weight excluding hydrogens is 264 g/mol. The smallest absolute Gasteiger partial charge is 0.303 e. The Bertz CT molecular complexity index is 491. The highest BCUT2D eigenvalue weighted by molar-refractivity contribution is 5.66. The molecule has 2 N–H and O–H groups in total. The lowest BCUT2D eigenvalue weighted by molar-refractivity contribution is -0.206. The van der Waals surface area contributed by atoms with Gasteiger partial charge in [-0.05, 0) is 20.3 Å². The van der Waals surface area contributed by atoms with Crippen molar-refractivity contribution in [3.8, 4) is 12.1 Å². The molecule has 0 aliphatic heterocycles. The molecular formula is C12H16N4O4. The molecule has 0 heterocycles. The normalized spacial score (nSPS) is 16.4. The first-order valence-corrected chi connectivity index (χ1v) is 5.68. The van der Waals surface area contributed by atoms with Crippen LogP contribution in [-0.4, -0.2) is 27.4 Å². The van der Waals surface area contributed by atoms with Gasteiger partial charge in [0.25, 0.3) is 0 Å². The number of nitriles is 2. The van der Waals surface area contributed by atoms with Gasteiger partial charge in [0.1, 0.15) is 5.76 Å². The fourth-order valence-corrected chi connectivity index (χ4v) is 1.21. The molecule has 0 aromatic heterocycles. The SMILES string of the molecule is C=C(CC(C)(C#N)N=NC(C)(C#N)CCC(=O)O)OO. The Morgan fingerprint density at radius 2 is 1.80 bits per heavy atom. The number of aliphatic carboxylic acids is 1. The third-order valence-corrected chi connectivity index (χ3v) is 2.47. The first kappa shape index (κ1) is 17.6. The van der Waals surface area contributed by atoms with Gasteiger partial charge in [0.05, 0.1) is 12.1 Å². The van der Waals surface area contributed by atoms with Crippen molar-refractivity contribution in [2.75, 3.05) is 0 Å². The number of carbonyl (C=O) groups is 1. The minimum atomic E-state index is -1.36. The van der Waals surface area contributed by atoms with Crippen LogP contribution in [0.25, 0.3) is 0 Å². The monoisotopic (exact) mass is 280 g/mol. The average molecular weight is 280 g/mol. The Morgan fingerprint density at radius 1 is 1.30 bits per heavy atom. The standard InChI is InChI=1S/C12H16N4O4/c1-9(20-19)6-12(3,8-14)16-15-11(2,7-13)5-4-10(17)18/h19H,1,4-6H2,2-3H3,(H,17,18). The summed E-state index contributed by atoms with van der Waals surface area (Å²) < 4.78 is 0. The Hall–Kier alpha value is -2.45.